The van der Waals surface area contributed by atoms with Gasteiger partial charge in [0.25, 0.3) is 0 Å². The van der Waals surface area contributed by atoms with Gasteiger partial charge >= 0.3 is 0 Å². The molecule has 7 heteroatoms. The molecule has 1 fully saturated rings. The predicted octanol–water partition coefficient (Wildman–Crippen LogP) is 3.48. The molecule has 2 aromatic carbocycles. The first kappa shape index (κ1) is 17.9. The summed E-state index contributed by atoms with van der Waals surface area (Å²) in [5.74, 6) is 0.958. The molecular formula is C20H20ClN5S. The predicted molar refractivity (Wildman–Crippen MR) is 114 cm³/mol. The molecule has 138 valence electrons. The average molecular weight is 398 g/mol. The maximum absolute atomic E-state index is 6.08. The van der Waals surface area contributed by atoms with Gasteiger partial charge in [0.1, 0.15) is 12.1 Å². The van der Waals surface area contributed by atoms with E-state index in [1.165, 1.54) is 5.56 Å². The van der Waals surface area contributed by atoms with Crippen LogP contribution in [0.2, 0.25) is 5.02 Å². The number of aromatic nitrogens is 2. The Bertz CT molecular complexity index is 942. The lowest BCUT2D eigenvalue weighted by molar-refractivity contribution is 0.379. The van der Waals surface area contributed by atoms with Crippen LogP contribution in [0.1, 0.15) is 5.56 Å². The van der Waals surface area contributed by atoms with Crippen molar-refractivity contribution >= 4 is 45.7 Å². The Labute approximate surface area is 169 Å². The number of fused-ring (bicyclic) bond motifs is 1. The molecule has 0 radical (unpaired) electrons. The molecule has 4 rings (SSSR count). The van der Waals surface area contributed by atoms with Crippen molar-refractivity contribution < 1.29 is 0 Å². The second kappa shape index (κ2) is 8.06. The van der Waals surface area contributed by atoms with E-state index >= 15 is 0 Å². The maximum Gasteiger partial charge on any atom is 0.169 e. The lowest BCUT2D eigenvalue weighted by Gasteiger charge is -2.37. The van der Waals surface area contributed by atoms with Crippen molar-refractivity contribution in [2.75, 3.05) is 31.1 Å². The Kier molecular flexibility index (Phi) is 5.36. The largest absolute Gasteiger partial charge is 0.358 e. The van der Waals surface area contributed by atoms with E-state index in [0.29, 0.717) is 5.02 Å². The van der Waals surface area contributed by atoms with Crippen LogP contribution in [0.4, 0.5) is 5.82 Å². The highest BCUT2D eigenvalue weighted by Gasteiger charge is 2.21. The Morgan fingerprint density at radius 3 is 2.59 bits per heavy atom. The van der Waals surface area contributed by atoms with Gasteiger partial charge in [0.15, 0.2) is 5.11 Å². The molecule has 0 unspecified atom stereocenters. The summed E-state index contributed by atoms with van der Waals surface area (Å²) in [5.41, 5.74) is 2.10. The van der Waals surface area contributed by atoms with E-state index < -0.39 is 0 Å². The molecule has 0 atom stereocenters. The Morgan fingerprint density at radius 1 is 1.04 bits per heavy atom. The van der Waals surface area contributed by atoms with Gasteiger partial charge in [-0.2, -0.15) is 0 Å². The fourth-order valence-electron chi connectivity index (χ4n) is 3.27. The van der Waals surface area contributed by atoms with Crippen LogP contribution < -0.4 is 10.2 Å². The zero-order chi connectivity index (χ0) is 18.6. The summed E-state index contributed by atoms with van der Waals surface area (Å²) >= 11 is 11.7. The molecule has 0 spiro atoms. The van der Waals surface area contributed by atoms with Gasteiger partial charge in [-0.05, 0) is 36.0 Å². The van der Waals surface area contributed by atoms with Crippen LogP contribution in [0.3, 0.4) is 0 Å². The molecule has 1 aliphatic rings. The van der Waals surface area contributed by atoms with Gasteiger partial charge in [-0.3, -0.25) is 0 Å². The van der Waals surface area contributed by atoms with Gasteiger partial charge < -0.3 is 15.1 Å². The van der Waals surface area contributed by atoms with Gasteiger partial charge in [-0.25, -0.2) is 9.97 Å². The second-order valence-electron chi connectivity index (χ2n) is 6.48. The van der Waals surface area contributed by atoms with Crippen molar-refractivity contribution in [1.82, 2.24) is 20.2 Å². The summed E-state index contributed by atoms with van der Waals surface area (Å²) in [4.78, 5) is 13.3. The number of piperazine rings is 1. The molecular weight excluding hydrogens is 378 g/mol. The Morgan fingerprint density at radius 2 is 1.81 bits per heavy atom. The minimum absolute atomic E-state index is 0.687. The van der Waals surface area contributed by atoms with E-state index in [1.54, 1.807) is 6.33 Å². The zero-order valence-electron chi connectivity index (χ0n) is 14.8. The lowest BCUT2D eigenvalue weighted by Crippen LogP contribution is -2.51. The molecule has 0 bridgehead atoms. The van der Waals surface area contributed by atoms with Crippen LogP contribution in [0.25, 0.3) is 10.9 Å². The summed E-state index contributed by atoms with van der Waals surface area (Å²) < 4.78 is 0. The molecule has 1 N–H and O–H groups in total. The third kappa shape index (κ3) is 4.12. The summed E-state index contributed by atoms with van der Waals surface area (Å²) in [6, 6.07) is 16.0. The minimum Gasteiger partial charge on any atom is -0.358 e. The van der Waals surface area contributed by atoms with Crippen LogP contribution in [0.15, 0.2) is 54.9 Å². The normalized spacial score (nSPS) is 14.4. The number of rotatable bonds is 3. The van der Waals surface area contributed by atoms with Crippen molar-refractivity contribution in [2.24, 2.45) is 0 Å². The second-order valence-corrected chi connectivity index (χ2v) is 7.30. The van der Waals surface area contributed by atoms with Gasteiger partial charge in [-0.15, -0.1) is 0 Å². The highest BCUT2D eigenvalue weighted by atomic mass is 35.5. The third-order valence-electron chi connectivity index (χ3n) is 4.73. The maximum atomic E-state index is 6.08. The highest BCUT2D eigenvalue weighted by Crippen LogP contribution is 2.26. The summed E-state index contributed by atoms with van der Waals surface area (Å²) in [6.45, 7) is 4.19. The van der Waals surface area contributed by atoms with Crippen molar-refractivity contribution in [3.63, 3.8) is 0 Å². The topological polar surface area (TPSA) is 44.3 Å². The van der Waals surface area contributed by atoms with Gasteiger partial charge in [0.05, 0.1) is 5.52 Å². The number of anilines is 1. The zero-order valence-corrected chi connectivity index (χ0v) is 16.4. The van der Waals surface area contributed by atoms with E-state index in [0.717, 1.165) is 54.6 Å². The number of hydrogen-bond donors (Lipinski definition) is 1. The fraction of sp³-hybridized carbons (Fsp3) is 0.250. The van der Waals surface area contributed by atoms with E-state index in [9.17, 15) is 0 Å². The number of thiocarbonyl (C=S) groups is 1. The monoisotopic (exact) mass is 397 g/mol. The smallest absolute Gasteiger partial charge is 0.169 e. The first-order valence-electron chi connectivity index (χ1n) is 8.92. The molecule has 5 nitrogen and oxygen atoms in total. The van der Waals surface area contributed by atoms with Crippen molar-refractivity contribution in [3.05, 3.63) is 65.4 Å². The van der Waals surface area contributed by atoms with E-state index in [-0.39, 0.29) is 0 Å². The third-order valence-corrected chi connectivity index (χ3v) is 5.37. The SMILES string of the molecule is S=C(NCc1ccccc1)N1CCN(c2ncnc3cc(Cl)ccc23)CC1. The van der Waals surface area contributed by atoms with E-state index in [4.69, 9.17) is 23.8 Å². The highest BCUT2D eigenvalue weighted by molar-refractivity contribution is 7.80. The molecule has 0 aliphatic carbocycles. The van der Waals surface area contributed by atoms with Gasteiger partial charge in [0.2, 0.25) is 0 Å². The van der Waals surface area contributed by atoms with Crippen LogP contribution in [0, 0.1) is 0 Å². The first-order chi connectivity index (χ1) is 13.2. The molecule has 3 aromatic rings. The number of nitrogens with one attached hydrogen (secondary N) is 1. The van der Waals surface area contributed by atoms with Crippen molar-refractivity contribution in [3.8, 4) is 0 Å². The van der Waals surface area contributed by atoms with E-state index in [1.807, 2.05) is 36.4 Å². The molecule has 27 heavy (non-hydrogen) atoms. The number of halogens is 1. The molecule has 0 saturated carbocycles. The van der Waals surface area contributed by atoms with Gasteiger partial charge in [0, 0.05) is 43.1 Å². The van der Waals surface area contributed by atoms with Crippen LogP contribution in [-0.4, -0.2) is 46.2 Å². The Balaban J connectivity index is 1.38. The Hall–Kier alpha value is -2.44. The van der Waals surface area contributed by atoms with E-state index in [2.05, 4.69) is 37.2 Å². The summed E-state index contributed by atoms with van der Waals surface area (Å²) in [7, 11) is 0. The molecule has 1 saturated heterocycles. The van der Waals surface area contributed by atoms with Gasteiger partial charge in [-0.1, -0.05) is 41.9 Å². The standard InChI is InChI=1S/C20H20ClN5S/c21-16-6-7-17-18(12-16)23-14-24-19(17)25-8-10-26(11-9-25)20(27)22-13-15-4-2-1-3-5-15/h1-7,12,14H,8-11,13H2,(H,22,27). The summed E-state index contributed by atoms with van der Waals surface area (Å²) in [6.07, 6.45) is 1.60. The quantitative estimate of drug-likeness (QED) is 0.682. The minimum atomic E-state index is 0.687. The molecule has 1 aliphatic heterocycles. The summed E-state index contributed by atoms with van der Waals surface area (Å²) in [5, 5.41) is 5.88. The number of benzene rings is 2. The van der Waals surface area contributed by atoms with Crippen LogP contribution in [-0.2, 0) is 6.54 Å². The van der Waals surface area contributed by atoms with Crippen molar-refractivity contribution in [1.29, 1.82) is 0 Å². The lowest BCUT2D eigenvalue weighted by atomic mass is 10.2. The molecule has 2 heterocycles. The molecule has 0 amide bonds. The first-order valence-corrected chi connectivity index (χ1v) is 9.71. The average Bonchev–Trinajstić information content (AvgIpc) is 2.72. The number of nitrogens with zero attached hydrogens (tertiary/aromatic N) is 4. The van der Waals surface area contributed by atoms with Crippen LogP contribution in [0.5, 0.6) is 0 Å². The molecule has 1 aromatic heterocycles. The van der Waals surface area contributed by atoms with Crippen LogP contribution >= 0.6 is 23.8 Å². The number of hydrogen-bond acceptors (Lipinski definition) is 4. The van der Waals surface area contributed by atoms with Crippen molar-refractivity contribution in [2.45, 2.75) is 6.54 Å². The fourth-order valence-corrected chi connectivity index (χ4v) is 3.70.